The molecule has 0 saturated heterocycles. The number of hydrogen-bond donors (Lipinski definition) is 1. The Kier molecular flexibility index (Phi) is 2.29. The molecule has 0 atom stereocenters. The van der Waals surface area contributed by atoms with Gasteiger partial charge < -0.3 is 5.11 Å². The van der Waals surface area contributed by atoms with Gasteiger partial charge in [0.05, 0.1) is 4.47 Å². The first-order chi connectivity index (χ1) is 8.24. The number of aromatic hydroxyl groups is 1. The van der Waals surface area contributed by atoms with Crippen LogP contribution in [0.15, 0.2) is 41.1 Å². The molecule has 0 aliphatic rings. The molecule has 0 radical (unpaired) electrons. The predicted molar refractivity (Wildman–Crippen MR) is 65.6 cm³/mol. The summed E-state index contributed by atoms with van der Waals surface area (Å²) in [7, 11) is 0. The van der Waals surface area contributed by atoms with Crippen molar-refractivity contribution in [3.8, 4) is 17.1 Å². The van der Waals surface area contributed by atoms with Crippen LogP contribution in [0.5, 0.6) is 5.75 Å². The van der Waals surface area contributed by atoms with Crippen LogP contribution in [0.4, 0.5) is 0 Å². The molecular formula is C11H7BrN4O. The quantitative estimate of drug-likeness (QED) is 0.747. The second-order valence-electron chi connectivity index (χ2n) is 3.51. The smallest absolute Gasteiger partial charge is 0.255 e. The molecule has 5 nitrogen and oxygen atoms in total. The van der Waals surface area contributed by atoms with Crippen molar-refractivity contribution >= 4 is 21.7 Å². The summed E-state index contributed by atoms with van der Waals surface area (Å²) < 4.78 is 2.64. The van der Waals surface area contributed by atoms with E-state index in [0.717, 1.165) is 10.0 Å². The maximum atomic E-state index is 9.25. The van der Waals surface area contributed by atoms with Crippen molar-refractivity contribution in [3.63, 3.8) is 0 Å². The number of fused-ring (bicyclic) bond motifs is 1. The Balaban J connectivity index is 2.23. The lowest BCUT2D eigenvalue weighted by molar-refractivity contribution is 0.475. The molecule has 3 aromatic rings. The highest BCUT2D eigenvalue weighted by Gasteiger charge is 2.08. The molecule has 0 aliphatic heterocycles. The van der Waals surface area contributed by atoms with Crippen LogP contribution in [0, 0.1) is 0 Å². The van der Waals surface area contributed by atoms with Gasteiger partial charge >= 0.3 is 0 Å². The summed E-state index contributed by atoms with van der Waals surface area (Å²) in [5.41, 5.74) is 0.871. The number of nitrogens with zero attached hydrogens (tertiary/aromatic N) is 4. The molecule has 0 aliphatic carbocycles. The fourth-order valence-corrected chi connectivity index (χ4v) is 1.88. The Labute approximate surface area is 105 Å². The average molecular weight is 291 g/mol. The Bertz CT molecular complexity index is 678. The van der Waals surface area contributed by atoms with Crippen molar-refractivity contribution in [2.45, 2.75) is 0 Å². The number of phenols is 1. The first-order valence-corrected chi connectivity index (χ1v) is 5.69. The Morgan fingerprint density at radius 1 is 1.12 bits per heavy atom. The summed E-state index contributed by atoms with van der Waals surface area (Å²) in [6, 6.07) is 6.79. The van der Waals surface area contributed by atoms with Gasteiger partial charge in [0, 0.05) is 18.0 Å². The van der Waals surface area contributed by atoms with Crippen LogP contribution in [0.1, 0.15) is 0 Å². The third-order valence-corrected chi connectivity index (χ3v) is 2.77. The molecule has 0 fully saturated rings. The van der Waals surface area contributed by atoms with E-state index < -0.39 is 0 Å². The topological polar surface area (TPSA) is 63.3 Å². The lowest BCUT2D eigenvalue weighted by Gasteiger charge is -2.00. The highest BCUT2D eigenvalue weighted by atomic mass is 79.9. The molecule has 1 N–H and O–H groups in total. The summed E-state index contributed by atoms with van der Waals surface area (Å²) in [5, 5.41) is 17.3. The standard InChI is InChI=1S/C11H7BrN4O/c12-8-5-13-11-15-14-10(16(11)6-8)7-1-3-9(17)4-2-7/h1-6,17H. The Morgan fingerprint density at radius 2 is 1.88 bits per heavy atom. The van der Waals surface area contributed by atoms with Crippen molar-refractivity contribution in [3.05, 3.63) is 41.1 Å². The molecule has 0 bridgehead atoms. The van der Waals surface area contributed by atoms with E-state index in [9.17, 15) is 5.11 Å². The Morgan fingerprint density at radius 3 is 2.65 bits per heavy atom. The first kappa shape index (κ1) is 10.2. The highest BCUT2D eigenvalue weighted by molar-refractivity contribution is 9.10. The van der Waals surface area contributed by atoms with E-state index in [1.807, 2.05) is 6.20 Å². The third-order valence-electron chi connectivity index (χ3n) is 2.36. The van der Waals surface area contributed by atoms with Gasteiger partial charge in [-0.05, 0) is 40.2 Å². The van der Waals surface area contributed by atoms with Crippen LogP contribution in [0.25, 0.3) is 17.2 Å². The largest absolute Gasteiger partial charge is 0.508 e. The number of benzene rings is 1. The molecule has 0 saturated carbocycles. The van der Waals surface area contributed by atoms with E-state index in [1.165, 1.54) is 0 Å². The Hall–Kier alpha value is -1.95. The minimum absolute atomic E-state index is 0.224. The van der Waals surface area contributed by atoms with Gasteiger partial charge in [0.15, 0.2) is 5.82 Å². The van der Waals surface area contributed by atoms with Gasteiger partial charge in [0.1, 0.15) is 5.75 Å². The van der Waals surface area contributed by atoms with Crippen LogP contribution in [0.3, 0.4) is 0 Å². The van der Waals surface area contributed by atoms with Crippen LogP contribution in [-0.2, 0) is 0 Å². The molecule has 6 heteroatoms. The number of phenolic OH excluding ortho intramolecular Hbond substituents is 1. The molecular weight excluding hydrogens is 284 g/mol. The number of hydrogen-bond acceptors (Lipinski definition) is 4. The van der Waals surface area contributed by atoms with Gasteiger partial charge in [-0.3, -0.25) is 4.40 Å². The summed E-state index contributed by atoms with van der Waals surface area (Å²) >= 11 is 3.36. The molecule has 3 rings (SSSR count). The minimum Gasteiger partial charge on any atom is -0.508 e. The molecule has 0 amide bonds. The highest BCUT2D eigenvalue weighted by Crippen LogP contribution is 2.21. The average Bonchev–Trinajstić information content (AvgIpc) is 2.73. The zero-order chi connectivity index (χ0) is 11.8. The summed E-state index contributed by atoms with van der Waals surface area (Å²) in [6.45, 7) is 0. The van der Waals surface area contributed by atoms with E-state index in [0.29, 0.717) is 11.6 Å². The summed E-state index contributed by atoms with van der Waals surface area (Å²) in [5.74, 6) is 1.45. The number of halogens is 1. The molecule has 1 aromatic carbocycles. The second-order valence-corrected chi connectivity index (χ2v) is 4.43. The van der Waals surface area contributed by atoms with Crippen LogP contribution in [0.2, 0.25) is 0 Å². The zero-order valence-corrected chi connectivity index (χ0v) is 10.2. The zero-order valence-electron chi connectivity index (χ0n) is 8.58. The molecule has 84 valence electrons. The van der Waals surface area contributed by atoms with Crippen molar-refractivity contribution in [1.82, 2.24) is 19.6 Å². The van der Waals surface area contributed by atoms with Gasteiger partial charge in [-0.25, -0.2) is 4.98 Å². The van der Waals surface area contributed by atoms with E-state index in [4.69, 9.17) is 0 Å². The monoisotopic (exact) mass is 290 g/mol. The lowest BCUT2D eigenvalue weighted by Crippen LogP contribution is -1.91. The van der Waals surface area contributed by atoms with Crippen molar-refractivity contribution in [2.75, 3.05) is 0 Å². The SMILES string of the molecule is Oc1ccc(-c2nnc3ncc(Br)cn23)cc1. The fraction of sp³-hybridized carbons (Fsp3) is 0. The van der Waals surface area contributed by atoms with Crippen molar-refractivity contribution < 1.29 is 5.11 Å². The van der Waals surface area contributed by atoms with Crippen LogP contribution >= 0.6 is 15.9 Å². The van der Waals surface area contributed by atoms with Gasteiger partial charge in [0.25, 0.3) is 5.78 Å². The third kappa shape index (κ3) is 1.76. The second kappa shape index (κ2) is 3.81. The summed E-state index contributed by atoms with van der Waals surface area (Å²) in [6.07, 6.45) is 3.52. The maximum absolute atomic E-state index is 9.25. The number of rotatable bonds is 1. The van der Waals surface area contributed by atoms with Gasteiger partial charge in [-0.15, -0.1) is 10.2 Å². The molecule has 17 heavy (non-hydrogen) atoms. The van der Waals surface area contributed by atoms with Gasteiger partial charge in [-0.2, -0.15) is 0 Å². The first-order valence-electron chi connectivity index (χ1n) is 4.90. The van der Waals surface area contributed by atoms with Crippen molar-refractivity contribution in [2.24, 2.45) is 0 Å². The van der Waals surface area contributed by atoms with E-state index in [1.54, 1.807) is 34.9 Å². The molecule has 2 heterocycles. The van der Waals surface area contributed by atoms with Crippen LogP contribution < -0.4 is 0 Å². The lowest BCUT2D eigenvalue weighted by atomic mass is 10.2. The normalized spacial score (nSPS) is 10.9. The summed E-state index contributed by atoms with van der Waals surface area (Å²) in [4.78, 5) is 4.14. The molecule has 2 aromatic heterocycles. The van der Waals surface area contributed by atoms with E-state index in [-0.39, 0.29) is 5.75 Å². The van der Waals surface area contributed by atoms with Crippen molar-refractivity contribution in [1.29, 1.82) is 0 Å². The molecule has 0 unspecified atom stereocenters. The van der Waals surface area contributed by atoms with E-state index in [2.05, 4.69) is 31.1 Å². The molecule has 0 spiro atoms. The van der Waals surface area contributed by atoms with Gasteiger partial charge in [0.2, 0.25) is 0 Å². The number of aromatic nitrogens is 4. The predicted octanol–water partition coefficient (Wildman–Crippen LogP) is 2.26. The minimum atomic E-state index is 0.224. The fourth-order valence-electron chi connectivity index (χ4n) is 1.57. The van der Waals surface area contributed by atoms with Crippen LogP contribution in [-0.4, -0.2) is 24.7 Å². The van der Waals surface area contributed by atoms with Gasteiger partial charge in [-0.1, -0.05) is 0 Å². The maximum Gasteiger partial charge on any atom is 0.255 e. The van der Waals surface area contributed by atoms with E-state index >= 15 is 0 Å².